The molecule has 0 atom stereocenters. The van der Waals surface area contributed by atoms with Gasteiger partial charge in [0, 0.05) is 17.9 Å². The lowest BCUT2D eigenvalue weighted by Crippen LogP contribution is -2.25. The molecule has 0 aromatic heterocycles. The molecule has 0 unspecified atom stereocenters. The second-order valence-corrected chi connectivity index (χ2v) is 5.78. The highest BCUT2D eigenvalue weighted by Gasteiger charge is 2.33. The number of hydrogen-bond donors (Lipinski definition) is 2. The van der Waals surface area contributed by atoms with E-state index in [2.05, 4.69) is 10.6 Å². The summed E-state index contributed by atoms with van der Waals surface area (Å²) in [7, 11) is 0. The normalized spacial score (nSPS) is 13.5. The summed E-state index contributed by atoms with van der Waals surface area (Å²) in [6, 6.07) is 8.92. The molecule has 1 aliphatic heterocycles. The van der Waals surface area contributed by atoms with Crippen LogP contribution < -0.4 is 15.5 Å². The van der Waals surface area contributed by atoms with Crippen molar-refractivity contribution in [2.75, 3.05) is 22.1 Å². The van der Waals surface area contributed by atoms with E-state index in [1.54, 1.807) is 23.1 Å². The van der Waals surface area contributed by atoms with Crippen molar-refractivity contribution in [3.05, 3.63) is 53.6 Å². The number of likely N-dealkylation sites (N-methyl/N-ethyl adjacent to an activating group) is 1. The molecule has 1 aliphatic rings. The molecule has 0 saturated carbocycles. The van der Waals surface area contributed by atoms with Crippen molar-refractivity contribution in [1.82, 2.24) is 0 Å². The van der Waals surface area contributed by atoms with Crippen LogP contribution in [0.4, 0.5) is 35.0 Å². The number of halogens is 3. The summed E-state index contributed by atoms with van der Waals surface area (Å²) in [5.74, 6) is -0.0248. The van der Waals surface area contributed by atoms with E-state index >= 15 is 0 Å². The third-order valence-corrected chi connectivity index (χ3v) is 4.07. The number of urea groups is 1. The second kappa shape index (κ2) is 6.70. The summed E-state index contributed by atoms with van der Waals surface area (Å²) in [6.45, 7) is 2.41. The van der Waals surface area contributed by atoms with Crippen LogP contribution in [-0.4, -0.2) is 18.5 Å². The average molecular weight is 363 g/mol. The average Bonchev–Trinajstić information content (AvgIpc) is 2.88. The van der Waals surface area contributed by atoms with Gasteiger partial charge in [-0.05, 0) is 42.8 Å². The first kappa shape index (κ1) is 17.8. The molecule has 3 amide bonds. The first-order chi connectivity index (χ1) is 12.3. The molecule has 26 heavy (non-hydrogen) atoms. The van der Waals surface area contributed by atoms with Crippen LogP contribution in [0.15, 0.2) is 42.5 Å². The molecule has 2 N–H and O–H groups in total. The van der Waals surface area contributed by atoms with Crippen molar-refractivity contribution in [1.29, 1.82) is 0 Å². The van der Waals surface area contributed by atoms with E-state index in [1.165, 1.54) is 18.2 Å². The Balaban J connectivity index is 1.75. The van der Waals surface area contributed by atoms with E-state index < -0.39 is 17.8 Å². The number of rotatable bonds is 3. The van der Waals surface area contributed by atoms with Gasteiger partial charge in [-0.1, -0.05) is 12.1 Å². The highest BCUT2D eigenvalue weighted by Crippen LogP contribution is 2.35. The van der Waals surface area contributed by atoms with Crippen molar-refractivity contribution in [3.8, 4) is 0 Å². The quantitative estimate of drug-likeness (QED) is 0.856. The summed E-state index contributed by atoms with van der Waals surface area (Å²) >= 11 is 0. The molecule has 2 aromatic rings. The van der Waals surface area contributed by atoms with E-state index in [4.69, 9.17) is 0 Å². The maximum Gasteiger partial charge on any atom is 0.418 e. The first-order valence-corrected chi connectivity index (χ1v) is 7.97. The van der Waals surface area contributed by atoms with Crippen molar-refractivity contribution < 1.29 is 22.8 Å². The van der Waals surface area contributed by atoms with Crippen molar-refractivity contribution in [2.24, 2.45) is 0 Å². The number of carbonyl (C=O) groups is 2. The Morgan fingerprint density at radius 3 is 2.58 bits per heavy atom. The van der Waals surface area contributed by atoms with Gasteiger partial charge in [-0.2, -0.15) is 13.2 Å². The molecule has 0 saturated heterocycles. The highest BCUT2D eigenvalue weighted by atomic mass is 19.4. The predicted molar refractivity (Wildman–Crippen MR) is 92.3 cm³/mol. The molecular formula is C18H16F3N3O2. The Morgan fingerprint density at radius 1 is 1.15 bits per heavy atom. The Hall–Kier alpha value is -3.03. The largest absolute Gasteiger partial charge is 0.418 e. The Bertz CT molecular complexity index is 865. The van der Waals surface area contributed by atoms with Gasteiger partial charge >= 0.3 is 12.2 Å². The number of alkyl halides is 3. The van der Waals surface area contributed by atoms with Crippen molar-refractivity contribution in [3.63, 3.8) is 0 Å². The van der Waals surface area contributed by atoms with Gasteiger partial charge in [-0.25, -0.2) is 4.79 Å². The van der Waals surface area contributed by atoms with Crippen molar-refractivity contribution in [2.45, 2.75) is 19.5 Å². The van der Waals surface area contributed by atoms with E-state index in [1.807, 2.05) is 6.92 Å². The summed E-state index contributed by atoms with van der Waals surface area (Å²) < 4.78 is 38.9. The van der Waals surface area contributed by atoms with Gasteiger partial charge in [0.2, 0.25) is 5.91 Å². The van der Waals surface area contributed by atoms with Gasteiger partial charge in [0.15, 0.2) is 0 Å². The fourth-order valence-electron chi connectivity index (χ4n) is 2.93. The molecule has 8 heteroatoms. The minimum atomic E-state index is -4.57. The Kier molecular flexibility index (Phi) is 4.58. The minimum absolute atomic E-state index is 0.0248. The molecule has 1 heterocycles. The van der Waals surface area contributed by atoms with Gasteiger partial charge in [-0.15, -0.1) is 0 Å². The standard InChI is InChI=1S/C18H16F3N3O2/c1-2-24-15-8-7-12(9-11(15)10-16(24)25)22-17(26)23-14-6-4-3-5-13(14)18(19,20)21/h3-9H,2,10H2,1H3,(H2,22,23,26). The number of nitrogens with one attached hydrogen (secondary N) is 2. The van der Waals surface area contributed by atoms with Gasteiger partial charge in [0.1, 0.15) is 0 Å². The fraction of sp³-hybridized carbons (Fsp3) is 0.222. The molecule has 0 fully saturated rings. The lowest BCUT2D eigenvalue weighted by molar-refractivity contribution is -0.136. The van der Waals surface area contributed by atoms with Crippen LogP contribution in [0.5, 0.6) is 0 Å². The van der Waals surface area contributed by atoms with Crippen LogP contribution in [-0.2, 0) is 17.4 Å². The van der Waals surface area contributed by atoms with Crippen LogP contribution in [0.2, 0.25) is 0 Å². The highest BCUT2D eigenvalue weighted by molar-refractivity contribution is 6.03. The number of para-hydroxylation sites is 1. The molecule has 0 spiro atoms. The molecule has 0 aliphatic carbocycles. The summed E-state index contributed by atoms with van der Waals surface area (Å²) in [5.41, 5.74) is 0.701. The van der Waals surface area contributed by atoms with Crippen LogP contribution in [0, 0.1) is 0 Å². The van der Waals surface area contributed by atoms with E-state index in [0.29, 0.717) is 12.2 Å². The number of hydrogen-bond acceptors (Lipinski definition) is 2. The third-order valence-electron chi connectivity index (χ3n) is 4.07. The smallest absolute Gasteiger partial charge is 0.312 e. The summed E-state index contributed by atoms with van der Waals surface area (Å²) in [4.78, 5) is 25.6. The second-order valence-electron chi connectivity index (χ2n) is 5.78. The number of benzene rings is 2. The lowest BCUT2D eigenvalue weighted by atomic mass is 10.1. The van der Waals surface area contributed by atoms with Gasteiger partial charge in [0.25, 0.3) is 0 Å². The maximum absolute atomic E-state index is 13.0. The summed E-state index contributed by atoms with van der Waals surface area (Å²) in [6.07, 6.45) is -4.33. The molecule has 5 nitrogen and oxygen atoms in total. The monoisotopic (exact) mass is 363 g/mol. The summed E-state index contributed by atoms with van der Waals surface area (Å²) in [5, 5.41) is 4.71. The molecular weight excluding hydrogens is 347 g/mol. The molecule has 136 valence electrons. The first-order valence-electron chi connectivity index (χ1n) is 7.97. The van der Waals surface area contributed by atoms with Crippen LogP contribution >= 0.6 is 0 Å². The predicted octanol–water partition coefficient (Wildman–Crippen LogP) is 4.26. The molecule has 3 rings (SSSR count). The Morgan fingerprint density at radius 2 is 1.88 bits per heavy atom. The molecule has 2 aromatic carbocycles. The van der Waals surface area contributed by atoms with E-state index in [-0.39, 0.29) is 18.0 Å². The van der Waals surface area contributed by atoms with Crippen LogP contribution in [0.3, 0.4) is 0 Å². The van der Waals surface area contributed by atoms with Crippen LogP contribution in [0.1, 0.15) is 18.1 Å². The zero-order chi connectivity index (χ0) is 18.9. The zero-order valence-electron chi connectivity index (χ0n) is 13.9. The topological polar surface area (TPSA) is 61.4 Å². The fourth-order valence-corrected chi connectivity index (χ4v) is 2.93. The lowest BCUT2D eigenvalue weighted by Gasteiger charge is -2.16. The minimum Gasteiger partial charge on any atom is -0.312 e. The zero-order valence-corrected chi connectivity index (χ0v) is 13.9. The maximum atomic E-state index is 13.0. The van der Waals surface area contributed by atoms with Gasteiger partial charge in [-0.3, -0.25) is 4.79 Å². The number of carbonyl (C=O) groups excluding carboxylic acids is 2. The van der Waals surface area contributed by atoms with Gasteiger partial charge < -0.3 is 15.5 Å². The Labute approximate surface area is 147 Å². The van der Waals surface area contributed by atoms with Crippen LogP contribution in [0.25, 0.3) is 0 Å². The van der Waals surface area contributed by atoms with E-state index in [0.717, 1.165) is 17.3 Å². The number of amides is 3. The van der Waals surface area contributed by atoms with Crippen molar-refractivity contribution >= 4 is 29.0 Å². The molecule has 0 bridgehead atoms. The third kappa shape index (κ3) is 3.49. The number of fused-ring (bicyclic) bond motifs is 1. The number of anilines is 3. The SMILES string of the molecule is CCN1C(=O)Cc2cc(NC(=O)Nc3ccccc3C(F)(F)F)ccc21. The van der Waals surface area contributed by atoms with E-state index in [9.17, 15) is 22.8 Å². The van der Waals surface area contributed by atoms with Gasteiger partial charge in [0.05, 0.1) is 17.7 Å². The molecule has 0 radical (unpaired) electrons. The number of nitrogens with zero attached hydrogens (tertiary/aromatic N) is 1.